The van der Waals surface area contributed by atoms with Gasteiger partial charge in [0.1, 0.15) is 0 Å². The number of carbonyl (C=O) groups excluding carboxylic acids is 1. The summed E-state index contributed by atoms with van der Waals surface area (Å²) in [5, 5.41) is 12.9. The summed E-state index contributed by atoms with van der Waals surface area (Å²) >= 11 is 11.8. The number of amides is 1. The minimum Gasteiger partial charge on any atom is -0.396 e. The van der Waals surface area contributed by atoms with Crippen molar-refractivity contribution in [3.8, 4) is 0 Å². The van der Waals surface area contributed by atoms with E-state index in [-0.39, 0.29) is 18.4 Å². The molecule has 1 atom stereocenters. The van der Waals surface area contributed by atoms with Gasteiger partial charge in [-0.15, -0.1) is 0 Å². The fourth-order valence-electron chi connectivity index (χ4n) is 2.46. The third-order valence-corrected chi connectivity index (χ3v) is 4.45. The Labute approximate surface area is 146 Å². The number of nitrogens with one attached hydrogen (secondary N) is 1. The largest absolute Gasteiger partial charge is 0.396 e. The van der Waals surface area contributed by atoms with Gasteiger partial charge in [-0.05, 0) is 42.5 Å². The first kappa shape index (κ1) is 17.8. The van der Waals surface area contributed by atoms with Crippen LogP contribution in [-0.2, 0) is 0 Å². The third kappa shape index (κ3) is 5.24. The first-order valence-electron chi connectivity index (χ1n) is 7.51. The lowest BCUT2D eigenvalue weighted by Gasteiger charge is -2.16. The monoisotopic (exact) mass is 351 g/mol. The summed E-state index contributed by atoms with van der Waals surface area (Å²) in [6, 6.07) is 14.8. The van der Waals surface area contributed by atoms with Crippen LogP contribution in [0.1, 0.15) is 34.7 Å². The van der Waals surface area contributed by atoms with Crippen molar-refractivity contribution < 1.29 is 9.90 Å². The van der Waals surface area contributed by atoms with Crippen molar-refractivity contribution in [2.75, 3.05) is 13.2 Å². The van der Waals surface area contributed by atoms with Gasteiger partial charge in [-0.25, -0.2) is 0 Å². The predicted molar refractivity (Wildman–Crippen MR) is 94.3 cm³/mol. The van der Waals surface area contributed by atoms with E-state index in [0.717, 1.165) is 6.42 Å². The molecule has 0 radical (unpaired) electrons. The minimum absolute atomic E-state index is 0.125. The molecule has 1 amide bonds. The smallest absolute Gasteiger partial charge is 0.251 e. The minimum atomic E-state index is -0.181. The van der Waals surface area contributed by atoms with Gasteiger partial charge in [0.2, 0.25) is 0 Å². The average molecular weight is 352 g/mol. The van der Waals surface area contributed by atoms with Gasteiger partial charge in [0.25, 0.3) is 5.91 Å². The Morgan fingerprint density at radius 1 is 1.04 bits per heavy atom. The Hall–Kier alpha value is -1.55. The van der Waals surface area contributed by atoms with E-state index in [0.29, 0.717) is 28.6 Å². The summed E-state index contributed by atoms with van der Waals surface area (Å²) in [7, 11) is 0. The molecule has 0 spiro atoms. The summed E-state index contributed by atoms with van der Waals surface area (Å²) in [5.74, 6) is 0.0367. The Balaban J connectivity index is 1.91. The lowest BCUT2D eigenvalue weighted by atomic mass is 9.93. The quantitative estimate of drug-likeness (QED) is 0.781. The lowest BCUT2D eigenvalue weighted by molar-refractivity contribution is 0.0952. The molecule has 0 saturated carbocycles. The zero-order valence-corrected chi connectivity index (χ0v) is 14.1. The van der Waals surface area contributed by atoms with Crippen molar-refractivity contribution in [1.82, 2.24) is 5.32 Å². The van der Waals surface area contributed by atoms with E-state index in [1.807, 2.05) is 30.3 Å². The van der Waals surface area contributed by atoms with Crippen LogP contribution in [-0.4, -0.2) is 24.2 Å². The second kappa shape index (κ2) is 8.92. The molecule has 2 N–H and O–H groups in total. The van der Waals surface area contributed by atoms with Crippen molar-refractivity contribution in [2.24, 2.45) is 0 Å². The van der Waals surface area contributed by atoms with Crippen LogP contribution in [0.25, 0.3) is 0 Å². The van der Waals surface area contributed by atoms with E-state index in [2.05, 4.69) is 5.32 Å². The van der Waals surface area contributed by atoms with Gasteiger partial charge in [0.05, 0.1) is 10.0 Å². The van der Waals surface area contributed by atoms with Crippen molar-refractivity contribution in [1.29, 1.82) is 0 Å². The molecule has 0 aliphatic carbocycles. The molecule has 2 aromatic rings. The highest BCUT2D eigenvalue weighted by Gasteiger charge is 2.12. The van der Waals surface area contributed by atoms with E-state index < -0.39 is 0 Å². The molecule has 0 fully saturated rings. The molecule has 0 bridgehead atoms. The zero-order valence-electron chi connectivity index (χ0n) is 12.6. The fourth-order valence-corrected chi connectivity index (χ4v) is 2.76. The highest BCUT2D eigenvalue weighted by molar-refractivity contribution is 6.42. The highest BCUT2D eigenvalue weighted by Crippen LogP contribution is 2.24. The first-order valence-corrected chi connectivity index (χ1v) is 8.26. The van der Waals surface area contributed by atoms with Gasteiger partial charge in [0.15, 0.2) is 0 Å². The van der Waals surface area contributed by atoms with Gasteiger partial charge in [-0.3, -0.25) is 4.79 Å². The van der Waals surface area contributed by atoms with Gasteiger partial charge in [0, 0.05) is 18.7 Å². The predicted octanol–water partition coefficient (Wildman–Crippen LogP) is 4.28. The van der Waals surface area contributed by atoms with Gasteiger partial charge in [-0.2, -0.15) is 0 Å². The van der Waals surface area contributed by atoms with E-state index in [1.54, 1.807) is 18.2 Å². The number of aliphatic hydroxyl groups is 1. The molecule has 122 valence electrons. The van der Waals surface area contributed by atoms with Crippen LogP contribution in [0.2, 0.25) is 10.0 Å². The maximum Gasteiger partial charge on any atom is 0.251 e. The first-order chi connectivity index (χ1) is 11.1. The van der Waals surface area contributed by atoms with Gasteiger partial charge >= 0.3 is 0 Å². The van der Waals surface area contributed by atoms with Crippen LogP contribution in [0, 0.1) is 0 Å². The van der Waals surface area contributed by atoms with E-state index in [1.165, 1.54) is 5.56 Å². The van der Waals surface area contributed by atoms with E-state index in [4.69, 9.17) is 23.2 Å². The number of aliphatic hydroxyl groups excluding tert-OH is 1. The molecule has 0 aliphatic heterocycles. The van der Waals surface area contributed by atoms with Gasteiger partial charge < -0.3 is 10.4 Å². The van der Waals surface area contributed by atoms with E-state index >= 15 is 0 Å². The second-order valence-electron chi connectivity index (χ2n) is 5.29. The zero-order chi connectivity index (χ0) is 16.7. The Morgan fingerprint density at radius 2 is 1.78 bits per heavy atom. The highest BCUT2D eigenvalue weighted by atomic mass is 35.5. The van der Waals surface area contributed by atoms with Crippen molar-refractivity contribution in [3.63, 3.8) is 0 Å². The number of hydrogen-bond donors (Lipinski definition) is 2. The number of rotatable bonds is 7. The molecule has 2 aromatic carbocycles. The topological polar surface area (TPSA) is 49.3 Å². The average Bonchev–Trinajstić information content (AvgIpc) is 2.57. The number of carbonyl (C=O) groups is 1. The molecule has 0 heterocycles. The number of benzene rings is 2. The molecule has 3 nitrogen and oxygen atoms in total. The number of hydrogen-bond acceptors (Lipinski definition) is 2. The Kier molecular flexibility index (Phi) is 6.90. The van der Waals surface area contributed by atoms with Crippen LogP contribution in [0.4, 0.5) is 0 Å². The lowest BCUT2D eigenvalue weighted by Crippen LogP contribution is -2.25. The molecule has 23 heavy (non-hydrogen) atoms. The Morgan fingerprint density at radius 3 is 2.43 bits per heavy atom. The van der Waals surface area contributed by atoms with Crippen molar-refractivity contribution >= 4 is 29.1 Å². The maximum absolute atomic E-state index is 12.1. The Bertz CT molecular complexity index is 647. The van der Waals surface area contributed by atoms with Crippen molar-refractivity contribution in [3.05, 3.63) is 69.7 Å². The fraction of sp³-hybridized carbons (Fsp3) is 0.278. The third-order valence-electron chi connectivity index (χ3n) is 3.71. The molecular weight excluding hydrogens is 333 g/mol. The van der Waals surface area contributed by atoms with Gasteiger partial charge in [-0.1, -0.05) is 53.5 Å². The standard InChI is InChI=1S/C18H19Cl2NO2/c19-16-7-6-15(12-17(16)20)18(23)21-10-8-14(9-11-22)13-4-2-1-3-5-13/h1-7,12,14,22H,8-11H2,(H,21,23). The van der Waals surface area contributed by atoms with Crippen LogP contribution in [0.5, 0.6) is 0 Å². The summed E-state index contributed by atoms with van der Waals surface area (Å²) in [6.45, 7) is 0.652. The SMILES string of the molecule is O=C(NCCC(CCO)c1ccccc1)c1ccc(Cl)c(Cl)c1. The number of halogens is 2. The molecule has 1 unspecified atom stereocenters. The summed E-state index contributed by atoms with van der Waals surface area (Å²) in [5.41, 5.74) is 1.66. The van der Waals surface area contributed by atoms with Crippen LogP contribution >= 0.6 is 23.2 Å². The van der Waals surface area contributed by atoms with E-state index in [9.17, 15) is 9.90 Å². The van der Waals surface area contributed by atoms with Crippen LogP contribution < -0.4 is 5.32 Å². The molecule has 0 saturated heterocycles. The molecule has 0 aliphatic rings. The molecule has 0 aromatic heterocycles. The normalized spacial score (nSPS) is 12.0. The van der Waals surface area contributed by atoms with Crippen LogP contribution in [0.15, 0.2) is 48.5 Å². The maximum atomic E-state index is 12.1. The molecular formula is C18H19Cl2NO2. The second-order valence-corrected chi connectivity index (χ2v) is 6.11. The van der Waals surface area contributed by atoms with Crippen molar-refractivity contribution in [2.45, 2.75) is 18.8 Å². The summed E-state index contributed by atoms with van der Waals surface area (Å²) in [6.07, 6.45) is 1.43. The molecule has 5 heteroatoms. The van der Waals surface area contributed by atoms with Crippen LogP contribution in [0.3, 0.4) is 0 Å². The summed E-state index contributed by atoms with van der Waals surface area (Å²) in [4.78, 5) is 12.1. The molecule has 2 rings (SSSR count). The summed E-state index contributed by atoms with van der Waals surface area (Å²) < 4.78 is 0.